The number of pyridine rings is 1. The maximum Gasteiger partial charge on any atom is 0.278 e. The van der Waals surface area contributed by atoms with Crippen LogP contribution in [0.25, 0.3) is 0 Å². The number of nitrogens with one attached hydrogen (secondary N) is 1. The van der Waals surface area contributed by atoms with Crippen LogP contribution >= 0.6 is 12.8 Å². The fourth-order valence-electron chi connectivity index (χ4n) is 0.899. The molecule has 0 amide bonds. The molecule has 0 aliphatic carbocycles. The molecule has 1 aromatic heterocycles. The molecule has 0 saturated heterocycles. The summed E-state index contributed by atoms with van der Waals surface area (Å²) >= 11 is 3.50. The summed E-state index contributed by atoms with van der Waals surface area (Å²) < 4.78 is 39.2. The lowest BCUT2D eigenvalue weighted by Crippen LogP contribution is -2.08. The van der Waals surface area contributed by atoms with E-state index in [1.807, 2.05) is 4.72 Å². The standard InChI is InChI=1S/C9H9F3N4S/c10-8-3-7(5(13)4-15-8)14-2-1-6(16-17)9(11)12/h1-4,9,16-17H,13H2. The Morgan fingerprint density at radius 2 is 2.29 bits per heavy atom. The number of allylic oxidation sites excluding steroid dienone is 2. The minimum Gasteiger partial charge on any atom is -0.396 e. The van der Waals surface area contributed by atoms with Crippen LogP contribution in [0.2, 0.25) is 0 Å². The molecule has 0 radical (unpaired) electrons. The molecule has 1 aromatic rings. The van der Waals surface area contributed by atoms with Gasteiger partial charge in [-0.25, -0.2) is 13.8 Å². The van der Waals surface area contributed by atoms with Gasteiger partial charge in [0.1, 0.15) is 0 Å². The third-order valence-corrected chi connectivity index (χ3v) is 1.97. The Morgan fingerprint density at radius 3 is 2.88 bits per heavy atom. The number of alkyl halides is 2. The van der Waals surface area contributed by atoms with Crippen molar-refractivity contribution < 1.29 is 13.2 Å². The third-order valence-electron chi connectivity index (χ3n) is 1.71. The minimum atomic E-state index is -2.70. The van der Waals surface area contributed by atoms with Gasteiger partial charge in [0.25, 0.3) is 6.43 Å². The predicted molar refractivity (Wildman–Crippen MR) is 63.0 cm³/mol. The number of rotatable bonds is 4. The van der Waals surface area contributed by atoms with E-state index in [1.54, 1.807) is 0 Å². The van der Waals surface area contributed by atoms with E-state index in [1.165, 1.54) is 0 Å². The van der Waals surface area contributed by atoms with E-state index in [0.29, 0.717) is 0 Å². The molecule has 0 unspecified atom stereocenters. The summed E-state index contributed by atoms with van der Waals surface area (Å²) in [7, 11) is 0. The van der Waals surface area contributed by atoms with Crippen molar-refractivity contribution >= 4 is 30.4 Å². The summed E-state index contributed by atoms with van der Waals surface area (Å²) in [6, 6.07) is 0.996. The zero-order valence-electron chi connectivity index (χ0n) is 8.44. The fourth-order valence-corrected chi connectivity index (χ4v) is 1.07. The summed E-state index contributed by atoms with van der Waals surface area (Å²) in [5.41, 5.74) is 5.29. The van der Waals surface area contributed by atoms with Crippen LogP contribution in [-0.4, -0.2) is 17.6 Å². The van der Waals surface area contributed by atoms with E-state index in [0.717, 1.165) is 24.6 Å². The number of hydrogen-bond donors (Lipinski definition) is 3. The van der Waals surface area contributed by atoms with Gasteiger partial charge in [-0.05, 0) is 6.08 Å². The van der Waals surface area contributed by atoms with Crippen LogP contribution in [-0.2, 0) is 0 Å². The highest BCUT2D eigenvalue weighted by molar-refractivity contribution is 7.78. The topological polar surface area (TPSA) is 63.3 Å². The molecule has 0 aliphatic heterocycles. The molecule has 0 fully saturated rings. The van der Waals surface area contributed by atoms with Gasteiger partial charge in [0, 0.05) is 12.3 Å². The lowest BCUT2D eigenvalue weighted by atomic mass is 10.3. The molecule has 1 rings (SSSR count). The second-order valence-corrected chi connectivity index (χ2v) is 3.10. The van der Waals surface area contributed by atoms with Crippen LogP contribution in [0.15, 0.2) is 29.0 Å². The molecule has 8 heteroatoms. The zero-order valence-corrected chi connectivity index (χ0v) is 9.33. The Bertz CT molecular complexity index is 448. The quantitative estimate of drug-likeness (QED) is 0.442. The van der Waals surface area contributed by atoms with Crippen molar-refractivity contribution in [3.05, 3.63) is 30.0 Å². The van der Waals surface area contributed by atoms with E-state index in [2.05, 4.69) is 22.8 Å². The molecule has 3 N–H and O–H groups in total. The van der Waals surface area contributed by atoms with Crippen molar-refractivity contribution in [2.75, 3.05) is 5.73 Å². The maximum absolute atomic E-state index is 12.7. The first-order valence-electron chi connectivity index (χ1n) is 4.38. The number of nitrogens with zero attached hydrogens (tertiary/aromatic N) is 2. The first kappa shape index (κ1) is 13.4. The van der Waals surface area contributed by atoms with Crippen molar-refractivity contribution in [2.45, 2.75) is 6.43 Å². The number of aliphatic imine (C=N–C) groups is 1. The number of nitrogen functional groups attached to an aromatic ring is 1. The summed E-state index contributed by atoms with van der Waals surface area (Å²) in [5.74, 6) is -0.753. The average Bonchev–Trinajstić information content (AvgIpc) is 2.28. The monoisotopic (exact) mass is 262 g/mol. The number of anilines is 1. The van der Waals surface area contributed by atoms with E-state index >= 15 is 0 Å². The summed E-state index contributed by atoms with van der Waals surface area (Å²) in [4.78, 5) is 7.02. The van der Waals surface area contributed by atoms with Gasteiger partial charge >= 0.3 is 0 Å². The predicted octanol–water partition coefficient (Wildman–Crippen LogP) is 2.09. The zero-order chi connectivity index (χ0) is 12.8. The summed E-state index contributed by atoms with van der Waals surface area (Å²) in [5, 5.41) is 0. The van der Waals surface area contributed by atoms with Gasteiger partial charge in [0.2, 0.25) is 5.95 Å². The molecule has 0 spiro atoms. The second kappa shape index (κ2) is 6.14. The van der Waals surface area contributed by atoms with Crippen LogP contribution < -0.4 is 10.5 Å². The molecule has 0 aliphatic rings. The van der Waals surface area contributed by atoms with Gasteiger partial charge in [-0.15, -0.1) is 0 Å². The molecule has 92 valence electrons. The van der Waals surface area contributed by atoms with Gasteiger partial charge < -0.3 is 10.5 Å². The Balaban J connectivity index is 2.87. The van der Waals surface area contributed by atoms with Gasteiger partial charge in [0.05, 0.1) is 23.3 Å². The van der Waals surface area contributed by atoms with Crippen molar-refractivity contribution in [1.29, 1.82) is 0 Å². The molecule has 0 bridgehead atoms. The number of aromatic nitrogens is 1. The SMILES string of the molecule is Nc1cnc(F)cc1N=CC=C(NS)C(F)F. The maximum atomic E-state index is 12.7. The minimum absolute atomic E-state index is 0.113. The first-order valence-corrected chi connectivity index (χ1v) is 4.83. The molecule has 17 heavy (non-hydrogen) atoms. The van der Waals surface area contributed by atoms with Crippen LogP contribution in [0.1, 0.15) is 0 Å². The number of thiol groups is 1. The molecule has 0 saturated carbocycles. The van der Waals surface area contributed by atoms with Crippen molar-refractivity contribution in [3.63, 3.8) is 0 Å². The van der Waals surface area contributed by atoms with E-state index in [-0.39, 0.29) is 11.4 Å². The van der Waals surface area contributed by atoms with Crippen LogP contribution in [0.5, 0.6) is 0 Å². The first-order chi connectivity index (χ1) is 8.04. The summed E-state index contributed by atoms with van der Waals surface area (Å²) in [6.07, 6.45) is 0.465. The Hall–Kier alpha value is -1.70. The van der Waals surface area contributed by atoms with Crippen LogP contribution in [0, 0.1) is 5.95 Å². The third kappa shape index (κ3) is 3.99. The molecule has 0 aromatic carbocycles. The van der Waals surface area contributed by atoms with Gasteiger partial charge in [-0.2, -0.15) is 4.39 Å². The second-order valence-electron chi connectivity index (χ2n) is 2.88. The highest BCUT2D eigenvalue weighted by Gasteiger charge is 2.07. The highest BCUT2D eigenvalue weighted by Crippen LogP contribution is 2.20. The Labute approximate surface area is 101 Å². The summed E-state index contributed by atoms with van der Waals surface area (Å²) in [6.45, 7) is 0. The van der Waals surface area contributed by atoms with E-state index in [9.17, 15) is 13.2 Å². The largest absolute Gasteiger partial charge is 0.396 e. The highest BCUT2D eigenvalue weighted by atomic mass is 32.1. The number of halogens is 3. The number of nitrogens with two attached hydrogens (primary N) is 1. The van der Waals surface area contributed by atoms with Gasteiger partial charge in [-0.1, -0.05) is 12.8 Å². The molecular formula is C9H9F3N4S. The smallest absolute Gasteiger partial charge is 0.278 e. The lowest BCUT2D eigenvalue weighted by molar-refractivity contribution is 0.186. The lowest BCUT2D eigenvalue weighted by Gasteiger charge is -2.01. The van der Waals surface area contributed by atoms with Crippen molar-refractivity contribution in [1.82, 2.24) is 9.71 Å². The van der Waals surface area contributed by atoms with E-state index in [4.69, 9.17) is 5.73 Å². The average molecular weight is 262 g/mol. The molecule has 0 atom stereocenters. The normalized spacial score (nSPS) is 12.4. The Kier molecular flexibility index (Phi) is 4.83. The number of hydrogen-bond acceptors (Lipinski definition) is 5. The Morgan fingerprint density at radius 1 is 1.59 bits per heavy atom. The van der Waals surface area contributed by atoms with Crippen LogP contribution in [0.4, 0.5) is 24.5 Å². The van der Waals surface area contributed by atoms with E-state index < -0.39 is 18.1 Å². The van der Waals surface area contributed by atoms with Crippen LogP contribution in [0.3, 0.4) is 0 Å². The van der Waals surface area contributed by atoms with Gasteiger partial charge in [-0.3, -0.25) is 4.99 Å². The molecule has 4 nitrogen and oxygen atoms in total. The van der Waals surface area contributed by atoms with Crippen molar-refractivity contribution in [2.24, 2.45) is 4.99 Å². The van der Waals surface area contributed by atoms with Gasteiger partial charge in [0.15, 0.2) is 0 Å². The molecule has 1 heterocycles. The fraction of sp³-hybridized carbons (Fsp3) is 0.111. The molecular weight excluding hydrogens is 253 g/mol. The van der Waals surface area contributed by atoms with Crippen molar-refractivity contribution in [3.8, 4) is 0 Å².